The monoisotopic (exact) mass is 186 g/mol. The maximum Gasteiger partial charge on any atom is 0.122 e. The third-order valence-electron chi connectivity index (χ3n) is 1.54. The number of hydrogen-bond acceptors (Lipinski definition) is 4. The van der Waals surface area contributed by atoms with E-state index in [1.54, 1.807) is 11.3 Å². The Morgan fingerprint density at radius 3 is 3.00 bits per heavy atom. The molecule has 1 heterocycles. The number of ether oxygens (including phenoxy) is 1. The van der Waals surface area contributed by atoms with E-state index in [0.29, 0.717) is 6.54 Å². The van der Waals surface area contributed by atoms with E-state index < -0.39 is 0 Å². The Kier molecular flexibility index (Phi) is 3.65. The molecule has 0 radical (unpaired) electrons. The third kappa shape index (κ3) is 2.27. The lowest BCUT2D eigenvalue weighted by Gasteiger charge is -2.06. The summed E-state index contributed by atoms with van der Waals surface area (Å²) in [6, 6.07) is 0. The van der Waals surface area contributed by atoms with Gasteiger partial charge in [0.25, 0.3) is 0 Å². The summed E-state index contributed by atoms with van der Waals surface area (Å²) in [6.45, 7) is 5.21. The lowest BCUT2D eigenvalue weighted by molar-refractivity contribution is 0.0761. The van der Waals surface area contributed by atoms with Gasteiger partial charge in [0.2, 0.25) is 0 Å². The molecule has 0 aromatic carbocycles. The number of thiazole rings is 1. The van der Waals surface area contributed by atoms with Crippen LogP contribution < -0.4 is 5.73 Å². The molecule has 0 aliphatic rings. The van der Waals surface area contributed by atoms with E-state index in [1.165, 1.54) is 0 Å². The van der Waals surface area contributed by atoms with Crippen LogP contribution in [0.25, 0.3) is 0 Å². The predicted octanol–water partition coefficient (Wildman–Crippen LogP) is 1.70. The summed E-state index contributed by atoms with van der Waals surface area (Å²) in [7, 11) is 0. The van der Waals surface area contributed by atoms with Crippen molar-refractivity contribution in [2.24, 2.45) is 5.73 Å². The number of hydrogen-bond donors (Lipinski definition) is 1. The zero-order valence-corrected chi connectivity index (χ0v) is 8.23. The summed E-state index contributed by atoms with van der Waals surface area (Å²) in [5, 5.41) is 2.99. The molecule has 0 saturated carbocycles. The first-order chi connectivity index (χ1) is 5.77. The number of aromatic nitrogens is 1. The summed E-state index contributed by atoms with van der Waals surface area (Å²) in [6.07, 6.45) is 0.0975. The van der Waals surface area contributed by atoms with Crippen LogP contribution in [0, 0.1) is 0 Å². The van der Waals surface area contributed by atoms with E-state index in [1.807, 2.05) is 19.2 Å². The summed E-state index contributed by atoms with van der Waals surface area (Å²) in [5.41, 5.74) is 6.39. The molecule has 4 heteroatoms. The molecule has 1 aromatic heterocycles. The fraction of sp³-hybridized carbons (Fsp3) is 0.625. The van der Waals surface area contributed by atoms with E-state index in [-0.39, 0.29) is 6.10 Å². The molecule has 3 nitrogen and oxygen atoms in total. The molecule has 2 N–H and O–H groups in total. The smallest absolute Gasteiger partial charge is 0.122 e. The molecule has 68 valence electrons. The van der Waals surface area contributed by atoms with Crippen molar-refractivity contribution in [1.29, 1.82) is 0 Å². The van der Waals surface area contributed by atoms with Crippen molar-refractivity contribution < 1.29 is 4.74 Å². The highest BCUT2D eigenvalue weighted by Gasteiger charge is 2.08. The van der Waals surface area contributed by atoms with Crippen molar-refractivity contribution in [3.8, 4) is 0 Å². The highest BCUT2D eigenvalue weighted by atomic mass is 32.1. The van der Waals surface area contributed by atoms with Gasteiger partial charge < -0.3 is 10.5 Å². The third-order valence-corrected chi connectivity index (χ3v) is 2.60. The van der Waals surface area contributed by atoms with Gasteiger partial charge in [-0.1, -0.05) is 0 Å². The summed E-state index contributed by atoms with van der Waals surface area (Å²) in [5.74, 6) is 0. The van der Waals surface area contributed by atoms with Crippen LogP contribution in [0.2, 0.25) is 0 Å². The van der Waals surface area contributed by atoms with Crippen molar-refractivity contribution >= 4 is 11.3 Å². The average molecular weight is 186 g/mol. The van der Waals surface area contributed by atoms with Crippen LogP contribution in [0.15, 0.2) is 5.38 Å². The second kappa shape index (κ2) is 4.54. The van der Waals surface area contributed by atoms with Crippen molar-refractivity contribution in [3.63, 3.8) is 0 Å². The molecular formula is C8H14N2OS. The van der Waals surface area contributed by atoms with E-state index in [4.69, 9.17) is 10.5 Å². The van der Waals surface area contributed by atoms with Crippen molar-refractivity contribution in [1.82, 2.24) is 4.98 Å². The second-order valence-corrected chi connectivity index (χ2v) is 3.37. The Morgan fingerprint density at radius 2 is 2.50 bits per heavy atom. The molecule has 1 atom stereocenters. The summed E-state index contributed by atoms with van der Waals surface area (Å²) < 4.78 is 5.39. The normalized spacial score (nSPS) is 13.2. The zero-order valence-electron chi connectivity index (χ0n) is 7.41. The van der Waals surface area contributed by atoms with Crippen LogP contribution in [0.1, 0.15) is 30.7 Å². The Labute approximate surface area is 76.6 Å². The second-order valence-electron chi connectivity index (χ2n) is 2.48. The fourth-order valence-corrected chi connectivity index (χ4v) is 1.76. The molecule has 0 saturated heterocycles. The topological polar surface area (TPSA) is 48.1 Å². The molecule has 1 rings (SSSR count). The maximum absolute atomic E-state index is 5.44. The maximum atomic E-state index is 5.44. The van der Waals surface area contributed by atoms with Gasteiger partial charge in [0.05, 0.1) is 5.69 Å². The molecular weight excluding hydrogens is 172 g/mol. The van der Waals surface area contributed by atoms with Crippen LogP contribution >= 0.6 is 11.3 Å². The van der Waals surface area contributed by atoms with Crippen LogP contribution in [-0.4, -0.2) is 11.6 Å². The Hall–Kier alpha value is -0.450. The Bertz CT molecular complexity index is 237. The van der Waals surface area contributed by atoms with Gasteiger partial charge >= 0.3 is 0 Å². The van der Waals surface area contributed by atoms with Crippen LogP contribution in [0.4, 0.5) is 0 Å². The van der Waals surface area contributed by atoms with E-state index in [2.05, 4.69) is 4.98 Å². The van der Waals surface area contributed by atoms with Gasteiger partial charge in [0, 0.05) is 18.5 Å². The molecule has 0 fully saturated rings. The quantitative estimate of drug-likeness (QED) is 0.778. The summed E-state index contributed by atoms with van der Waals surface area (Å²) >= 11 is 1.61. The highest BCUT2D eigenvalue weighted by Crippen LogP contribution is 2.20. The van der Waals surface area contributed by atoms with Crippen LogP contribution in [0.5, 0.6) is 0 Å². The molecule has 0 bridgehead atoms. The van der Waals surface area contributed by atoms with Gasteiger partial charge in [-0.2, -0.15) is 0 Å². The van der Waals surface area contributed by atoms with E-state index in [0.717, 1.165) is 17.3 Å². The molecule has 0 aliphatic carbocycles. The average Bonchev–Trinajstić information content (AvgIpc) is 2.52. The lowest BCUT2D eigenvalue weighted by atomic mass is 10.4. The Balaban J connectivity index is 2.61. The standard InChI is InChI=1S/C8H14N2OS/c1-3-11-6(2)8-10-7(4-9)5-12-8/h5-6H,3-4,9H2,1-2H3/t6-/m0/s1. The van der Waals surface area contributed by atoms with Gasteiger partial charge in [-0.15, -0.1) is 11.3 Å². The molecule has 1 aromatic rings. The van der Waals surface area contributed by atoms with Gasteiger partial charge in [0.15, 0.2) is 0 Å². The van der Waals surface area contributed by atoms with Gasteiger partial charge in [-0.05, 0) is 13.8 Å². The van der Waals surface area contributed by atoms with Gasteiger partial charge in [-0.3, -0.25) is 0 Å². The number of rotatable bonds is 4. The number of nitrogens with two attached hydrogens (primary N) is 1. The van der Waals surface area contributed by atoms with Gasteiger partial charge in [-0.25, -0.2) is 4.98 Å². The van der Waals surface area contributed by atoms with Gasteiger partial charge in [0.1, 0.15) is 11.1 Å². The summed E-state index contributed by atoms with van der Waals surface area (Å²) in [4.78, 5) is 4.32. The van der Waals surface area contributed by atoms with Crippen LogP contribution in [0.3, 0.4) is 0 Å². The molecule has 12 heavy (non-hydrogen) atoms. The van der Waals surface area contributed by atoms with E-state index >= 15 is 0 Å². The lowest BCUT2D eigenvalue weighted by Crippen LogP contribution is -2.01. The first-order valence-electron chi connectivity index (χ1n) is 4.04. The minimum Gasteiger partial charge on any atom is -0.372 e. The minimum atomic E-state index is 0.0975. The Morgan fingerprint density at radius 1 is 1.75 bits per heavy atom. The van der Waals surface area contributed by atoms with Crippen molar-refractivity contribution in [2.75, 3.05) is 6.61 Å². The van der Waals surface area contributed by atoms with Crippen molar-refractivity contribution in [2.45, 2.75) is 26.5 Å². The highest BCUT2D eigenvalue weighted by molar-refractivity contribution is 7.09. The fourth-order valence-electron chi connectivity index (χ4n) is 0.924. The van der Waals surface area contributed by atoms with Crippen molar-refractivity contribution in [3.05, 3.63) is 16.1 Å². The first-order valence-corrected chi connectivity index (χ1v) is 4.91. The first kappa shape index (κ1) is 9.64. The van der Waals surface area contributed by atoms with E-state index in [9.17, 15) is 0 Å². The SMILES string of the molecule is CCO[C@@H](C)c1nc(CN)cs1. The molecule has 0 unspecified atom stereocenters. The number of nitrogens with zero attached hydrogens (tertiary/aromatic N) is 1. The molecule has 0 amide bonds. The minimum absolute atomic E-state index is 0.0975. The van der Waals surface area contributed by atoms with Crippen LogP contribution in [-0.2, 0) is 11.3 Å². The largest absolute Gasteiger partial charge is 0.372 e. The zero-order chi connectivity index (χ0) is 8.97. The predicted molar refractivity (Wildman–Crippen MR) is 50.0 cm³/mol. The molecule has 0 aliphatic heterocycles. The molecule has 0 spiro atoms.